The third kappa shape index (κ3) is 3.27. The zero-order valence-corrected chi connectivity index (χ0v) is 10.2. The molecule has 0 spiro atoms. The first kappa shape index (κ1) is 13.0. The van der Waals surface area contributed by atoms with Gasteiger partial charge in [-0.15, -0.1) is 0 Å². The topological polar surface area (TPSA) is 94.1 Å². The Morgan fingerprint density at radius 1 is 1.42 bits per heavy atom. The van der Waals surface area contributed by atoms with Crippen molar-refractivity contribution in [3.8, 4) is 17.2 Å². The number of fused-ring (bicyclic) bond motifs is 1. The van der Waals surface area contributed by atoms with E-state index in [4.69, 9.17) is 19.3 Å². The molecule has 0 saturated heterocycles. The first-order valence-corrected chi connectivity index (χ1v) is 5.61. The third-order valence-electron chi connectivity index (χ3n) is 2.46. The number of amides is 1. The van der Waals surface area contributed by atoms with Crippen LogP contribution in [0.4, 0.5) is 0 Å². The van der Waals surface area contributed by atoms with E-state index < -0.39 is 17.9 Å². The number of carboxylic acid groups (broad SMARTS) is 1. The zero-order chi connectivity index (χ0) is 13.8. The van der Waals surface area contributed by atoms with Gasteiger partial charge in [-0.3, -0.25) is 9.59 Å². The van der Waals surface area contributed by atoms with Crippen LogP contribution in [0, 0.1) is 0 Å². The molecule has 7 heteroatoms. The van der Waals surface area contributed by atoms with Crippen molar-refractivity contribution >= 4 is 11.9 Å². The number of aliphatic carboxylic acids is 1. The monoisotopic (exact) mass is 267 g/mol. The lowest BCUT2D eigenvalue weighted by Crippen LogP contribution is -2.40. The van der Waals surface area contributed by atoms with Crippen LogP contribution >= 0.6 is 0 Å². The lowest BCUT2D eigenvalue weighted by molar-refractivity contribution is -0.141. The van der Waals surface area contributed by atoms with Crippen LogP contribution in [0.1, 0.15) is 6.92 Å². The summed E-state index contributed by atoms with van der Waals surface area (Å²) in [5.41, 5.74) is 0. The van der Waals surface area contributed by atoms with Crippen molar-refractivity contribution in [2.45, 2.75) is 13.0 Å². The average molecular weight is 267 g/mol. The fraction of sp³-hybridized carbons (Fsp3) is 0.333. The second kappa shape index (κ2) is 5.47. The van der Waals surface area contributed by atoms with Crippen molar-refractivity contribution in [3.63, 3.8) is 0 Å². The van der Waals surface area contributed by atoms with Gasteiger partial charge in [-0.1, -0.05) is 0 Å². The van der Waals surface area contributed by atoms with Crippen molar-refractivity contribution < 1.29 is 28.9 Å². The molecule has 102 valence electrons. The van der Waals surface area contributed by atoms with E-state index in [1.165, 1.54) is 6.92 Å². The minimum absolute atomic E-state index is 0.162. The van der Waals surface area contributed by atoms with Crippen molar-refractivity contribution in [3.05, 3.63) is 18.2 Å². The summed E-state index contributed by atoms with van der Waals surface area (Å²) < 4.78 is 15.5. The smallest absolute Gasteiger partial charge is 0.325 e. The first-order valence-electron chi connectivity index (χ1n) is 5.61. The maximum absolute atomic E-state index is 11.4. The van der Waals surface area contributed by atoms with Gasteiger partial charge in [0.05, 0.1) is 0 Å². The highest BCUT2D eigenvalue weighted by molar-refractivity contribution is 5.84. The van der Waals surface area contributed by atoms with Crippen LogP contribution in [0.3, 0.4) is 0 Å². The molecule has 1 aliphatic rings. The Labute approximate surface area is 109 Å². The molecule has 2 rings (SSSR count). The zero-order valence-electron chi connectivity index (χ0n) is 10.2. The predicted molar refractivity (Wildman–Crippen MR) is 63.3 cm³/mol. The average Bonchev–Trinajstić information content (AvgIpc) is 2.83. The number of carbonyl (C=O) groups excluding carboxylic acids is 1. The van der Waals surface area contributed by atoms with Crippen LogP contribution in [0.5, 0.6) is 17.2 Å². The highest BCUT2D eigenvalue weighted by atomic mass is 16.7. The Hall–Kier alpha value is -2.44. The Balaban J connectivity index is 1.85. The van der Waals surface area contributed by atoms with Gasteiger partial charge in [-0.25, -0.2) is 0 Å². The number of rotatable bonds is 5. The van der Waals surface area contributed by atoms with Gasteiger partial charge in [0.2, 0.25) is 6.79 Å². The van der Waals surface area contributed by atoms with Gasteiger partial charge in [0.15, 0.2) is 18.1 Å². The number of hydrogen-bond donors (Lipinski definition) is 2. The molecule has 1 aliphatic heterocycles. The molecule has 1 heterocycles. The Kier molecular flexibility index (Phi) is 3.74. The molecule has 1 amide bonds. The summed E-state index contributed by atoms with van der Waals surface area (Å²) in [6, 6.07) is 3.97. The number of hydrogen-bond acceptors (Lipinski definition) is 5. The van der Waals surface area contributed by atoms with E-state index in [-0.39, 0.29) is 13.4 Å². The van der Waals surface area contributed by atoms with E-state index in [0.717, 1.165) is 0 Å². The van der Waals surface area contributed by atoms with Gasteiger partial charge in [0.1, 0.15) is 11.8 Å². The maximum Gasteiger partial charge on any atom is 0.325 e. The van der Waals surface area contributed by atoms with E-state index in [0.29, 0.717) is 17.2 Å². The van der Waals surface area contributed by atoms with Crippen LogP contribution in [-0.2, 0) is 9.59 Å². The highest BCUT2D eigenvalue weighted by Crippen LogP contribution is 2.34. The summed E-state index contributed by atoms with van der Waals surface area (Å²) >= 11 is 0. The molecule has 2 N–H and O–H groups in total. The lowest BCUT2D eigenvalue weighted by atomic mass is 10.3. The molecule has 0 fully saturated rings. The summed E-state index contributed by atoms with van der Waals surface area (Å²) in [4.78, 5) is 22.0. The number of carbonyl (C=O) groups is 2. The molecule has 1 unspecified atom stereocenters. The van der Waals surface area contributed by atoms with E-state index in [1.807, 2.05) is 0 Å². The van der Waals surface area contributed by atoms with Gasteiger partial charge in [0.25, 0.3) is 5.91 Å². The molecule has 7 nitrogen and oxygen atoms in total. The van der Waals surface area contributed by atoms with Gasteiger partial charge < -0.3 is 24.6 Å². The number of carboxylic acids is 1. The standard InChI is InChI=1S/C12H13NO6/c1-7(12(15)16)13-11(14)5-17-8-2-3-9-10(4-8)19-6-18-9/h2-4,7H,5-6H2,1H3,(H,13,14)(H,15,16). The molecule has 0 bridgehead atoms. The summed E-state index contributed by atoms with van der Waals surface area (Å²) in [5, 5.41) is 10.9. The van der Waals surface area contributed by atoms with E-state index in [2.05, 4.69) is 5.32 Å². The Bertz CT molecular complexity index is 501. The molecule has 1 atom stereocenters. The molecule has 0 saturated carbocycles. The third-order valence-corrected chi connectivity index (χ3v) is 2.46. The Morgan fingerprint density at radius 3 is 2.89 bits per heavy atom. The van der Waals surface area contributed by atoms with Crippen molar-refractivity contribution in [2.75, 3.05) is 13.4 Å². The second-order valence-corrected chi connectivity index (χ2v) is 3.93. The number of nitrogens with one attached hydrogen (secondary N) is 1. The minimum Gasteiger partial charge on any atom is -0.484 e. The maximum atomic E-state index is 11.4. The summed E-state index contributed by atoms with van der Waals surface area (Å²) in [6.07, 6.45) is 0. The predicted octanol–water partition coefficient (Wildman–Crippen LogP) is 0.383. The minimum atomic E-state index is -1.10. The molecule has 1 aromatic rings. The summed E-state index contributed by atoms with van der Waals surface area (Å²) in [7, 11) is 0. The van der Waals surface area contributed by atoms with Crippen LogP contribution in [-0.4, -0.2) is 36.4 Å². The van der Waals surface area contributed by atoms with Crippen molar-refractivity contribution in [1.29, 1.82) is 0 Å². The normalized spacial score (nSPS) is 13.7. The second-order valence-electron chi connectivity index (χ2n) is 3.93. The number of benzene rings is 1. The van der Waals surface area contributed by atoms with Crippen molar-refractivity contribution in [2.24, 2.45) is 0 Å². The Morgan fingerprint density at radius 2 is 2.16 bits per heavy atom. The summed E-state index contributed by atoms with van der Waals surface area (Å²) in [5.74, 6) is 0.0134. The molecular formula is C12H13NO6. The van der Waals surface area contributed by atoms with Gasteiger partial charge in [0, 0.05) is 6.07 Å². The fourth-order valence-corrected chi connectivity index (χ4v) is 1.46. The SMILES string of the molecule is CC(NC(=O)COc1ccc2c(c1)OCO2)C(=O)O. The first-order chi connectivity index (χ1) is 9.06. The lowest BCUT2D eigenvalue weighted by Gasteiger charge is -2.10. The van der Waals surface area contributed by atoms with Crippen LogP contribution in [0.25, 0.3) is 0 Å². The highest BCUT2D eigenvalue weighted by Gasteiger charge is 2.16. The molecular weight excluding hydrogens is 254 g/mol. The molecule has 0 radical (unpaired) electrons. The molecule has 0 aliphatic carbocycles. The molecule has 0 aromatic heterocycles. The fourth-order valence-electron chi connectivity index (χ4n) is 1.46. The van der Waals surface area contributed by atoms with Gasteiger partial charge in [-0.05, 0) is 19.1 Å². The van der Waals surface area contributed by atoms with Gasteiger partial charge >= 0.3 is 5.97 Å². The molecule has 19 heavy (non-hydrogen) atoms. The number of ether oxygens (including phenoxy) is 3. The van der Waals surface area contributed by atoms with Gasteiger partial charge in [-0.2, -0.15) is 0 Å². The quantitative estimate of drug-likeness (QED) is 0.801. The van der Waals surface area contributed by atoms with Crippen LogP contribution in [0.2, 0.25) is 0 Å². The summed E-state index contributed by atoms with van der Waals surface area (Å²) in [6.45, 7) is 1.27. The van der Waals surface area contributed by atoms with E-state index in [1.54, 1.807) is 18.2 Å². The van der Waals surface area contributed by atoms with Crippen molar-refractivity contribution in [1.82, 2.24) is 5.32 Å². The largest absolute Gasteiger partial charge is 0.484 e. The molecule has 1 aromatic carbocycles. The van der Waals surface area contributed by atoms with Crippen LogP contribution < -0.4 is 19.5 Å². The van der Waals surface area contributed by atoms with E-state index >= 15 is 0 Å². The van der Waals surface area contributed by atoms with Crippen LogP contribution in [0.15, 0.2) is 18.2 Å². The van der Waals surface area contributed by atoms with E-state index in [9.17, 15) is 9.59 Å².